The van der Waals surface area contributed by atoms with Crippen LogP contribution in [0.25, 0.3) is 32.7 Å². The zero-order valence-corrected chi connectivity index (χ0v) is 16.7. The predicted octanol–water partition coefficient (Wildman–Crippen LogP) is 6.33. The van der Waals surface area contributed by atoms with Crippen molar-refractivity contribution in [1.29, 1.82) is 0 Å². The second-order valence-corrected chi connectivity index (χ2v) is 9.71. The molecule has 1 aliphatic heterocycles. The van der Waals surface area contributed by atoms with E-state index in [1.165, 1.54) is 0 Å². The van der Waals surface area contributed by atoms with Gasteiger partial charge in [-0.25, -0.2) is 8.42 Å². The van der Waals surface area contributed by atoms with Crippen LogP contribution in [0.2, 0.25) is 0 Å². The van der Waals surface area contributed by atoms with Crippen molar-refractivity contribution in [2.24, 2.45) is 0 Å². The predicted molar refractivity (Wildman–Crippen MR) is 108 cm³/mol. The Labute approximate surface area is 161 Å². The van der Waals surface area contributed by atoms with Crippen molar-refractivity contribution < 1.29 is 8.42 Å². The van der Waals surface area contributed by atoms with E-state index in [4.69, 9.17) is 0 Å². The van der Waals surface area contributed by atoms with Gasteiger partial charge in [0.2, 0.25) is 9.84 Å². The van der Waals surface area contributed by atoms with E-state index in [0.717, 1.165) is 41.6 Å². The molecule has 4 aromatic carbocycles. The van der Waals surface area contributed by atoms with E-state index in [-0.39, 0.29) is 0 Å². The zero-order valence-electron chi connectivity index (χ0n) is 12.8. The molecular formula is C20H10Br2O2S. The van der Waals surface area contributed by atoms with Crippen LogP contribution in [0.15, 0.2) is 79.4 Å². The molecule has 0 atom stereocenters. The molecule has 5 heteroatoms. The molecule has 0 bridgehead atoms. The summed E-state index contributed by atoms with van der Waals surface area (Å²) < 4.78 is 28.4. The lowest BCUT2D eigenvalue weighted by Crippen LogP contribution is -1.98. The van der Waals surface area contributed by atoms with E-state index in [1.807, 2.05) is 54.6 Å². The van der Waals surface area contributed by atoms with Crippen molar-refractivity contribution in [3.8, 4) is 11.1 Å². The van der Waals surface area contributed by atoms with E-state index >= 15 is 0 Å². The monoisotopic (exact) mass is 472 g/mol. The topological polar surface area (TPSA) is 34.1 Å². The summed E-state index contributed by atoms with van der Waals surface area (Å²) in [5.74, 6) is 0. The molecular weight excluding hydrogens is 464 g/mol. The van der Waals surface area contributed by atoms with Crippen LogP contribution in [-0.2, 0) is 9.84 Å². The average molecular weight is 474 g/mol. The summed E-state index contributed by atoms with van der Waals surface area (Å²) in [5, 5.41) is 3.63. The first kappa shape index (κ1) is 15.6. The number of hydrogen-bond acceptors (Lipinski definition) is 2. The highest BCUT2D eigenvalue weighted by Crippen LogP contribution is 2.50. The molecule has 0 fully saturated rings. The fraction of sp³-hybridized carbons (Fsp3) is 0. The van der Waals surface area contributed by atoms with Gasteiger partial charge in [-0.3, -0.25) is 0 Å². The summed E-state index contributed by atoms with van der Waals surface area (Å²) in [6.07, 6.45) is 0. The summed E-state index contributed by atoms with van der Waals surface area (Å²) in [6, 6.07) is 19.3. The first-order valence-electron chi connectivity index (χ1n) is 7.67. The Bertz CT molecular complexity index is 1320. The number of fused-ring (bicyclic) bond motifs is 7. The Balaban J connectivity index is 2.05. The van der Waals surface area contributed by atoms with E-state index in [2.05, 4.69) is 31.9 Å². The fourth-order valence-electron chi connectivity index (χ4n) is 3.66. The van der Waals surface area contributed by atoms with Gasteiger partial charge in [0.15, 0.2) is 0 Å². The van der Waals surface area contributed by atoms with Crippen LogP contribution in [0.1, 0.15) is 0 Å². The quantitative estimate of drug-likeness (QED) is 0.263. The van der Waals surface area contributed by atoms with Crippen LogP contribution < -0.4 is 0 Å². The third kappa shape index (κ3) is 2.03. The van der Waals surface area contributed by atoms with Crippen molar-refractivity contribution in [1.82, 2.24) is 0 Å². The number of halogens is 2. The second kappa shape index (κ2) is 5.16. The first-order valence-corrected chi connectivity index (χ1v) is 10.7. The Morgan fingerprint density at radius 1 is 0.760 bits per heavy atom. The molecule has 1 heterocycles. The smallest absolute Gasteiger partial charge is 0.208 e. The van der Waals surface area contributed by atoms with Gasteiger partial charge in [0, 0.05) is 25.5 Å². The van der Waals surface area contributed by atoms with Crippen LogP contribution in [0, 0.1) is 0 Å². The molecule has 0 unspecified atom stereocenters. The highest BCUT2D eigenvalue weighted by molar-refractivity contribution is 9.11. The van der Waals surface area contributed by atoms with Crippen LogP contribution in [-0.4, -0.2) is 8.42 Å². The Morgan fingerprint density at radius 3 is 2.28 bits per heavy atom. The van der Waals surface area contributed by atoms with Gasteiger partial charge >= 0.3 is 0 Å². The van der Waals surface area contributed by atoms with Crippen molar-refractivity contribution >= 4 is 63.2 Å². The van der Waals surface area contributed by atoms with Crippen LogP contribution >= 0.6 is 31.9 Å². The molecule has 5 rings (SSSR count). The third-order valence-electron chi connectivity index (χ3n) is 4.72. The molecule has 0 radical (unpaired) electrons. The van der Waals surface area contributed by atoms with Gasteiger partial charge in [0.25, 0.3) is 0 Å². The standard InChI is InChI=1S/C20H10Br2O2S/c21-12-7-5-11-6-8-15-19-14-4-2-1-3-13(14)17(22)10-18(19)25(23,24)20(15)16(11)9-12/h1-10H. The van der Waals surface area contributed by atoms with Crippen LogP contribution in [0.5, 0.6) is 0 Å². The number of hydrogen-bond donors (Lipinski definition) is 0. The molecule has 0 amide bonds. The normalized spacial score (nSPS) is 14.6. The summed E-state index contributed by atoms with van der Waals surface area (Å²) >= 11 is 7.00. The molecule has 122 valence electrons. The third-order valence-corrected chi connectivity index (χ3v) is 7.75. The van der Waals surface area contributed by atoms with Gasteiger partial charge in [-0.2, -0.15) is 0 Å². The van der Waals surface area contributed by atoms with Crippen molar-refractivity contribution in [2.45, 2.75) is 9.79 Å². The Morgan fingerprint density at radius 2 is 1.48 bits per heavy atom. The molecule has 0 saturated heterocycles. The average Bonchev–Trinajstić information content (AvgIpc) is 2.83. The van der Waals surface area contributed by atoms with E-state index in [1.54, 1.807) is 6.07 Å². The summed E-state index contributed by atoms with van der Waals surface area (Å²) in [6.45, 7) is 0. The molecule has 0 saturated carbocycles. The van der Waals surface area contributed by atoms with E-state index in [9.17, 15) is 8.42 Å². The summed E-state index contributed by atoms with van der Waals surface area (Å²) in [7, 11) is -3.57. The highest BCUT2D eigenvalue weighted by atomic mass is 79.9. The molecule has 25 heavy (non-hydrogen) atoms. The Hall–Kier alpha value is -1.69. The SMILES string of the molecule is O=S1(=O)c2cc(Br)c3ccccc3c2-c2ccc3ccc(Br)cc3c21. The van der Waals surface area contributed by atoms with Gasteiger partial charge < -0.3 is 0 Å². The van der Waals surface area contributed by atoms with Crippen LogP contribution in [0.3, 0.4) is 0 Å². The van der Waals surface area contributed by atoms with Gasteiger partial charge in [0.05, 0.1) is 9.79 Å². The maximum atomic E-state index is 13.4. The van der Waals surface area contributed by atoms with E-state index < -0.39 is 9.84 Å². The maximum Gasteiger partial charge on any atom is 0.208 e. The van der Waals surface area contributed by atoms with Gasteiger partial charge in [-0.1, -0.05) is 74.3 Å². The second-order valence-electron chi connectivity index (χ2n) is 6.09. The summed E-state index contributed by atoms with van der Waals surface area (Å²) in [4.78, 5) is 0.783. The van der Waals surface area contributed by atoms with Crippen molar-refractivity contribution in [3.05, 3.63) is 69.6 Å². The molecule has 0 spiro atoms. The lowest BCUT2D eigenvalue weighted by Gasteiger charge is -2.08. The maximum absolute atomic E-state index is 13.4. The minimum atomic E-state index is -3.57. The van der Waals surface area contributed by atoms with Crippen molar-refractivity contribution in [3.63, 3.8) is 0 Å². The summed E-state index contributed by atoms with van der Waals surface area (Å²) in [5.41, 5.74) is 1.58. The lowest BCUT2D eigenvalue weighted by molar-refractivity contribution is 0.599. The first-order chi connectivity index (χ1) is 12.0. The highest BCUT2D eigenvalue weighted by Gasteiger charge is 2.36. The number of benzene rings is 4. The van der Waals surface area contributed by atoms with Crippen LogP contribution in [0.4, 0.5) is 0 Å². The molecule has 0 aliphatic carbocycles. The van der Waals surface area contributed by atoms with Gasteiger partial charge in [0.1, 0.15) is 0 Å². The van der Waals surface area contributed by atoms with E-state index in [0.29, 0.717) is 9.79 Å². The largest absolute Gasteiger partial charge is 0.218 e. The molecule has 1 aliphatic rings. The molecule has 2 nitrogen and oxygen atoms in total. The molecule has 0 N–H and O–H groups in total. The minimum Gasteiger partial charge on any atom is -0.218 e. The van der Waals surface area contributed by atoms with Gasteiger partial charge in [-0.15, -0.1) is 0 Å². The van der Waals surface area contributed by atoms with Crippen molar-refractivity contribution in [2.75, 3.05) is 0 Å². The number of sulfone groups is 1. The lowest BCUT2D eigenvalue weighted by atomic mass is 9.96. The number of rotatable bonds is 0. The molecule has 0 aromatic heterocycles. The van der Waals surface area contributed by atoms with Gasteiger partial charge in [-0.05, 0) is 34.4 Å². The fourth-order valence-corrected chi connectivity index (χ4v) is 6.65. The minimum absolute atomic E-state index is 0.376. The Kier molecular flexibility index (Phi) is 3.21. The molecule has 4 aromatic rings. The zero-order chi connectivity index (χ0) is 17.3.